The summed E-state index contributed by atoms with van der Waals surface area (Å²) in [5.41, 5.74) is -1.86. The van der Waals surface area contributed by atoms with Crippen molar-refractivity contribution in [3.05, 3.63) is 32.7 Å². The van der Waals surface area contributed by atoms with Gasteiger partial charge in [0.1, 0.15) is 5.15 Å². The fourth-order valence-corrected chi connectivity index (χ4v) is 1.54. The maximum Gasteiger partial charge on any atom is 0.311 e. The third-order valence-electron chi connectivity index (χ3n) is 1.96. The molecular weight excluding hydrogens is 256 g/mol. The molecule has 0 saturated heterocycles. The number of pyridine rings is 1. The van der Waals surface area contributed by atoms with Crippen LogP contribution in [0.4, 0.5) is 8.78 Å². The maximum atomic E-state index is 12.6. The highest BCUT2D eigenvalue weighted by atomic mass is 35.5. The Kier molecular flexibility index (Phi) is 4.62. The molecule has 0 fully saturated rings. The Morgan fingerprint density at radius 1 is 1.59 bits per heavy atom. The molecule has 0 spiro atoms. The van der Waals surface area contributed by atoms with E-state index in [0.717, 1.165) is 6.07 Å². The number of esters is 1. The monoisotopic (exact) mass is 265 g/mol. The zero-order chi connectivity index (χ0) is 13.0. The normalized spacial score (nSPS) is 10.6. The molecule has 94 valence electrons. The van der Waals surface area contributed by atoms with Gasteiger partial charge in [-0.25, -0.2) is 8.78 Å². The van der Waals surface area contributed by atoms with Gasteiger partial charge in [-0.15, -0.1) is 0 Å². The lowest BCUT2D eigenvalue weighted by Gasteiger charge is -2.08. The van der Waals surface area contributed by atoms with Gasteiger partial charge in [-0.3, -0.25) is 9.59 Å². The highest BCUT2D eigenvalue weighted by Crippen LogP contribution is 2.20. The summed E-state index contributed by atoms with van der Waals surface area (Å²) in [6, 6.07) is 0.845. The minimum atomic E-state index is -2.97. The van der Waals surface area contributed by atoms with Crippen LogP contribution in [0.1, 0.15) is 24.6 Å². The second-order valence-corrected chi connectivity index (χ2v) is 3.56. The van der Waals surface area contributed by atoms with Crippen LogP contribution in [0.3, 0.4) is 0 Å². The van der Waals surface area contributed by atoms with Gasteiger partial charge < -0.3 is 9.72 Å². The van der Waals surface area contributed by atoms with Gasteiger partial charge >= 0.3 is 5.97 Å². The molecule has 1 rings (SSSR count). The molecule has 0 aliphatic rings. The molecule has 0 amide bonds. The zero-order valence-corrected chi connectivity index (χ0v) is 9.68. The third kappa shape index (κ3) is 3.52. The summed E-state index contributed by atoms with van der Waals surface area (Å²) in [6.07, 6.45) is -3.41. The van der Waals surface area contributed by atoms with Crippen molar-refractivity contribution in [3.8, 4) is 0 Å². The second kappa shape index (κ2) is 5.77. The minimum Gasteiger partial charge on any atom is -0.466 e. The number of hydrogen-bond donors (Lipinski definition) is 1. The molecule has 0 aliphatic heterocycles. The van der Waals surface area contributed by atoms with Crippen LogP contribution >= 0.6 is 11.6 Å². The van der Waals surface area contributed by atoms with Crippen LogP contribution in [0.15, 0.2) is 10.9 Å². The van der Waals surface area contributed by atoms with Gasteiger partial charge in [0.05, 0.1) is 18.6 Å². The molecule has 17 heavy (non-hydrogen) atoms. The number of carbonyl (C=O) groups is 1. The topological polar surface area (TPSA) is 59.2 Å². The molecule has 0 atom stereocenters. The molecule has 0 unspecified atom stereocenters. The van der Waals surface area contributed by atoms with Gasteiger partial charge in [-0.05, 0) is 6.92 Å². The van der Waals surface area contributed by atoms with Gasteiger partial charge in [0, 0.05) is 11.8 Å². The number of alkyl halides is 2. The molecule has 1 N–H and O–H groups in total. The summed E-state index contributed by atoms with van der Waals surface area (Å²) in [5, 5.41) is -0.0984. The van der Waals surface area contributed by atoms with Gasteiger partial charge in [0.2, 0.25) is 0 Å². The molecule has 1 aromatic rings. The molecular formula is C10H10ClF2NO3. The first-order chi connectivity index (χ1) is 7.95. The minimum absolute atomic E-state index is 0.0984. The van der Waals surface area contributed by atoms with Crippen molar-refractivity contribution in [2.75, 3.05) is 6.61 Å². The Balaban J connectivity index is 3.12. The quantitative estimate of drug-likeness (QED) is 0.670. The van der Waals surface area contributed by atoms with Crippen LogP contribution in [0.25, 0.3) is 0 Å². The van der Waals surface area contributed by atoms with Crippen molar-refractivity contribution in [1.82, 2.24) is 4.98 Å². The van der Waals surface area contributed by atoms with Crippen molar-refractivity contribution in [2.24, 2.45) is 0 Å². The highest BCUT2D eigenvalue weighted by Gasteiger charge is 2.20. The van der Waals surface area contributed by atoms with E-state index in [0.29, 0.717) is 0 Å². The summed E-state index contributed by atoms with van der Waals surface area (Å²) < 4.78 is 29.9. The summed E-state index contributed by atoms with van der Waals surface area (Å²) in [4.78, 5) is 24.9. The fraction of sp³-hybridized carbons (Fsp3) is 0.400. The molecule has 1 heterocycles. The standard InChI is InChI=1S/C10H10ClF2NO3/c1-2-17-8(16)3-5-9(10(12)13)6(15)4-7(11)14-5/h4,10H,2-3H2,1H3,(H,14,15). The molecule has 0 bridgehead atoms. The average molecular weight is 266 g/mol. The summed E-state index contributed by atoms with van der Waals surface area (Å²) in [5.74, 6) is -0.702. The number of halogens is 3. The summed E-state index contributed by atoms with van der Waals surface area (Å²) in [6.45, 7) is 1.72. The van der Waals surface area contributed by atoms with Gasteiger partial charge in [-0.2, -0.15) is 0 Å². The first-order valence-electron chi connectivity index (χ1n) is 4.81. The van der Waals surface area contributed by atoms with Gasteiger partial charge in [-0.1, -0.05) is 11.6 Å². The number of aromatic nitrogens is 1. The maximum absolute atomic E-state index is 12.6. The smallest absolute Gasteiger partial charge is 0.311 e. The average Bonchev–Trinajstić information content (AvgIpc) is 2.15. The molecule has 0 radical (unpaired) electrons. The molecule has 4 nitrogen and oxygen atoms in total. The van der Waals surface area contributed by atoms with Crippen molar-refractivity contribution in [3.63, 3.8) is 0 Å². The number of rotatable bonds is 4. The Labute approximate surface area is 101 Å². The number of H-pyrrole nitrogens is 1. The molecule has 1 aromatic heterocycles. The Hall–Kier alpha value is -1.43. The lowest BCUT2D eigenvalue weighted by Crippen LogP contribution is -2.18. The van der Waals surface area contributed by atoms with E-state index in [1.807, 2.05) is 0 Å². The number of ether oxygens (including phenoxy) is 1. The lowest BCUT2D eigenvalue weighted by molar-refractivity contribution is -0.142. The predicted octanol–water partition coefficient (Wildman–Crippen LogP) is 2.07. The van der Waals surface area contributed by atoms with E-state index in [-0.39, 0.29) is 17.5 Å². The SMILES string of the molecule is CCOC(=O)Cc1[nH]c(Cl)cc(=O)c1C(F)F. The van der Waals surface area contributed by atoms with Crippen LogP contribution in [-0.2, 0) is 16.0 Å². The van der Waals surface area contributed by atoms with E-state index >= 15 is 0 Å². The van der Waals surface area contributed by atoms with E-state index in [2.05, 4.69) is 9.72 Å². The van der Waals surface area contributed by atoms with Crippen molar-refractivity contribution in [2.45, 2.75) is 19.8 Å². The van der Waals surface area contributed by atoms with Gasteiger partial charge in [0.25, 0.3) is 6.43 Å². The van der Waals surface area contributed by atoms with Crippen LogP contribution in [0, 0.1) is 0 Å². The molecule has 0 saturated carbocycles. The Morgan fingerprint density at radius 3 is 2.76 bits per heavy atom. The van der Waals surface area contributed by atoms with Crippen LogP contribution < -0.4 is 5.43 Å². The van der Waals surface area contributed by atoms with E-state index in [1.54, 1.807) is 6.92 Å². The number of hydrogen-bond acceptors (Lipinski definition) is 3. The molecule has 7 heteroatoms. The molecule has 0 aliphatic carbocycles. The van der Waals surface area contributed by atoms with E-state index in [1.165, 1.54) is 0 Å². The lowest BCUT2D eigenvalue weighted by atomic mass is 10.1. The second-order valence-electron chi connectivity index (χ2n) is 3.16. The van der Waals surface area contributed by atoms with Crippen LogP contribution in [0.5, 0.6) is 0 Å². The summed E-state index contributed by atoms with van der Waals surface area (Å²) in [7, 11) is 0. The van der Waals surface area contributed by atoms with Crippen molar-refractivity contribution in [1.29, 1.82) is 0 Å². The van der Waals surface area contributed by atoms with Crippen LogP contribution in [0.2, 0.25) is 5.15 Å². The number of carbonyl (C=O) groups excluding carboxylic acids is 1. The predicted molar refractivity (Wildman–Crippen MR) is 57.4 cm³/mol. The van der Waals surface area contributed by atoms with Crippen LogP contribution in [-0.4, -0.2) is 17.6 Å². The fourth-order valence-electron chi connectivity index (χ4n) is 1.32. The Morgan fingerprint density at radius 2 is 2.24 bits per heavy atom. The Bertz CT molecular complexity index is 473. The largest absolute Gasteiger partial charge is 0.466 e. The first kappa shape index (κ1) is 13.6. The molecule has 0 aromatic carbocycles. The highest BCUT2D eigenvalue weighted by molar-refractivity contribution is 6.29. The number of aromatic amines is 1. The van der Waals surface area contributed by atoms with E-state index in [9.17, 15) is 18.4 Å². The van der Waals surface area contributed by atoms with Gasteiger partial charge in [0.15, 0.2) is 5.43 Å². The van der Waals surface area contributed by atoms with E-state index < -0.39 is 29.8 Å². The van der Waals surface area contributed by atoms with E-state index in [4.69, 9.17) is 11.6 Å². The van der Waals surface area contributed by atoms with Crippen molar-refractivity contribution >= 4 is 17.6 Å². The zero-order valence-electron chi connectivity index (χ0n) is 8.93. The number of nitrogens with one attached hydrogen (secondary N) is 1. The van der Waals surface area contributed by atoms with Crippen molar-refractivity contribution < 1.29 is 18.3 Å². The summed E-state index contributed by atoms with van der Waals surface area (Å²) >= 11 is 5.53. The third-order valence-corrected chi connectivity index (χ3v) is 2.17. The first-order valence-corrected chi connectivity index (χ1v) is 5.18.